The highest BCUT2D eigenvalue weighted by Crippen LogP contribution is 2.28. The summed E-state index contributed by atoms with van der Waals surface area (Å²) in [6, 6.07) is 11.5. The zero-order chi connectivity index (χ0) is 20.0. The molecule has 0 saturated heterocycles. The maximum atomic E-state index is 12.8. The van der Waals surface area contributed by atoms with E-state index < -0.39 is 6.04 Å². The predicted octanol–water partition coefficient (Wildman–Crippen LogP) is 4.30. The van der Waals surface area contributed by atoms with Gasteiger partial charge >= 0.3 is 0 Å². The van der Waals surface area contributed by atoms with Crippen molar-refractivity contribution in [2.75, 3.05) is 13.7 Å². The first-order valence-corrected chi connectivity index (χ1v) is 9.70. The lowest BCUT2D eigenvalue weighted by molar-refractivity contribution is -0.142. The highest BCUT2D eigenvalue weighted by atomic mass is 79.9. The summed E-state index contributed by atoms with van der Waals surface area (Å²) in [7, 11) is 1.53. The second kappa shape index (κ2) is 9.97. The van der Waals surface area contributed by atoms with Gasteiger partial charge in [0.25, 0.3) is 5.91 Å². The lowest BCUT2D eigenvalue weighted by Crippen LogP contribution is -2.48. The third-order valence-electron chi connectivity index (χ3n) is 3.96. The van der Waals surface area contributed by atoms with Crippen LogP contribution in [0.1, 0.15) is 12.5 Å². The molecule has 0 aromatic heterocycles. The van der Waals surface area contributed by atoms with Gasteiger partial charge in [-0.25, -0.2) is 0 Å². The fourth-order valence-corrected chi connectivity index (χ4v) is 3.41. The van der Waals surface area contributed by atoms with E-state index in [0.29, 0.717) is 20.3 Å². The van der Waals surface area contributed by atoms with Gasteiger partial charge in [-0.15, -0.1) is 0 Å². The largest absolute Gasteiger partial charge is 0.483 e. The molecule has 2 aromatic carbocycles. The van der Waals surface area contributed by atoms with Crippen LogP contribution >= 0.6 is 39.1 Å². The Morgan fingerprint density at radius 2 is 1.93 bits per heavy atom. The Morgan fingerprint density at radius 3 is 2.56 bits per heavy atom. The first-order valence-electron chi connectivity index (χ1n) is 8.15. The number of hydrogen-bond acceptors (Lipinski definition) is 3. The summed E-state index contributed by atoms with van der Waals surface area (Å²) in [5.41, 5.74) is 0.746. The number of amides is 2. The highest BCUT2D eigenvalue weighted by molar-refractivity contribution is 9.10. The lowest BCUT2D eigenvalue weighted by Gasteiger charge is -2.28. The van der Waals surface area contributed by atoms with Gasteiger partial charge in [-0.3, -0.25) is 9.59 Å². The maximum Gasteiger partial charge on any atom is 0.261 e. The van der Waals surface area contributed by atoms with Crippen molar-refractivity contribution in [1.29, 1.82) is 0 Å². The number of ether oxygens (including phenoxy) is 1. The number of nitrogens with zero attached hydrogens (tertiary/aromatic N) is 1. The Kier molecular flexibility index (Phi) is 7.95. The average molecular weight is 474 g/mol. The fourth-order valence-electron chi connectivity index (χ4n) is 2.42. The van der Waals surface area contributed by atoms with Crippen LogP contribution in [-0.2, 0) is 16.1 Å². The summed E-state index contributed by atoms with van der Waals surface area (Å²) < 4.78 is 6.24. The maximum absolute atomic E-state index is 12.8. The van der Waals surface area contributed by atoms with E-state index in [-0.39, 0.29) is 25.0 Å². The summed E-state index contributed by atoms with van der Waals surface area (Å²) in [6.07, 6.45) is 0. The Balaban J connectivity index is 2.17. The molecule has 0 aliphatic heterocycles. The lowest BCUT2D eigenvalue weighted by atomic mass is 10.1. The van der Waals surface area contributed by atoms with Crippen LogP contribution in [0.2, 0.25) is 10.0 Å². The van der Waals surface area contributed by atoms with Gasteiger partial charge in [-0.1, -0.05) is 41.4 Å². The molecule has 27 heavy (non-hydrogen) atoms. The highest BCUT2D eigenvalue weighted by Gasteiger charge is 2.26. The molecule has 144 valence electrons. The van der Waals surface area contributed by atoms with Crippen LogP contribution in [0.3, 0.4) is 0 Å². The van der Waals surface area contributed by atoms with Gasteiger partial charge in [-0.2, -0.15) is 0 Å². The second-order valence-corrected chi connectivity index (χ2v) is 7.46. The molecule has 2 aromatic rings. The molecule has 0 aliphatic rings. The topological polar surface area (TPSA) is 58.6 Å². The summed E-state index contributed by atoms with van der Waals surface area (Å²) in [4.78, 5) is 26.3. The molecule has 0 spiro atoms. The number of rotatable bonds is 7. The van der Waals surface area contributed by atoms with Crippen LogP contribution in [0.15, 0.2) is 46.9 Å². The molecule has 0 radical (unpaired) electrons. The molecule has 0 aliphatic carbocycles. The number of nitrogens with one attached hydrogen (secondary N) is 1. The van der Waals surface area contributed by atoms with Gasteiger partial charge in [-0.05, 0) is 52.7 Å². The fraction of sp³-hybridized carbons (Fsp3) is 0.263. The summed E-state index contributed by atoms with van der Waals surface area (Å²) in [5, 5.41) is 3.64. The molecular formula is C19H19BrCl2N2O3. The van der Waals surface area contributed by atoms with Crippen molar-refractivity contribution in [2.45, 2.75) is 19.5 Å². The molecule has 1 N–H and O–H groups in total. The first kappa shape index (κ1) is 21.5. The number of hydrogen-bond donors (Lipinski definition) is 1. The van der Waals surface area contributed by atoms with Crippen LogP contribution in [0.5, 0.6) is 5.75 Å². The number of benzene rings is 2. The Morgan fingerprint density at radius 1 is 1.22 bits per heavy atom. The Labute approximate surface area is 176 Å². The molecule has 0 heterocycles. The molecule has 0 saturated carbocycles. The minimum absolute atomic E-state index is 0.193. The molecule has 0 fully saturated rings. The average Bonchev–Trinajstić information content (AvgIpc) is 2.65. The zero-order valence-corrected chi connectivity index (χ0v) is 17.9. The van der Waals surface area contributed by atoms with Crippen LogP contribution < -0.4 is 10.1 Å². The van der Waals surface area contributed by atoms with E-state index in [1.54, 1.807) is 37.3 Å². The van der Waals surface area contributed by atoms with E-state index in [9.17, 15) is 9.59 Å². The smallest absolute Gasteiger partial charge is 0.261 e. The molecule has 1 atom stereocenters. The molecule has 5 nitrogen and oxygen atoms in total. The second-order valence-electron chi connectivity index (χ2n) is 5.77. The zero-order valence-electron chi connectivity index (χ0n) is 14.8. The van der Waals surface area contributed by atoms with Crippen molar-refractivity contribution < 1.29 is 14.3 Å². The summed E-state index contributed by atoms with van der Waals surface area (Å²) in [5.74, 6) is -0.131. The van der Waals surface area contributed by atoms with Crippen molar-refractivity contribution in [2.24, 2.45) is 0 Å². The standard InChI is InChI=1S/C19H19BrCl2N2O3/c1-12(19(26)23-2)24(10-13-5-3-4-6-16(13)22)18(25)11-27-17-8-7-14(21)9-15(17)20/h3-9,12H,10-11H2,1-2H3,(H,23,26)/t12-/m0/s1. The van der Waals surface area contributed by atoms with E-state index in [0.717, 1.165) is 5.56 Å². The van der Waals surface area contributed by atoms with E-state index in [4.69, 9.17) is 27.9 Å². The number of halogens is 3. The normalized spacial score (nSPS) is 11.6. The molecule has 8 heteroatoms. The number of carbonyl (C=O) groups excluding carboxylic acids is 2. The third-order valence-corrected chi connectivity index (χ3v) is 5.18. The molecular weight excluding hydrogens is 455 g/mol. The van der Waals surface area contributed by atoms with Gasteiger partial charge in [0, 0.05) is 23.6 Å². The number of carbonyl (C=O) groups is 2. The van der Waals surface area contributed by atoms with Crippen molar-refractivity contribution in [3.63, 3.8) is 0 Å². The van der Waals surface area contributed by atoms with E-state index in [2.05, 4.69) is 21.2 Å². The van der Waals surface area contributed by atoms with Crippen molar-refractivity contribution >= 4 is 50.9 Å². The van der Waals surface area contributed by atoms with Gasteiger partial charge in [0.15, 0.2) is 6.61 Å². The van der Waals surface area contributed by atoms with Crippen molar-refractivity contribution in [3.05, 3.63) is 62.5 Å². The van der Waals surface area contributed by atoms with Crippen LogP contribution in [-0.4, -0.2) is 36.4 Å². The summed E-state index contributed by atoms with van der Waals surface area (Å²) >= 11 is 15.5. The van der Waals surface area contributed by atoms with Crippen LogP contribution in [0.25, 0.3) is 0 Å². The minimum atomic E-state index is -0.684. The molecule has 0 unspecified atom stereocenters. The van der Waals surface area contributed by atoms with E-state index in [1.807, 2.05) is 12.1 Å². The van der Waals surface area contributed by atoms with Crippen LogP contribution in [0.4, 0.5) is 0 Å². The van der Waals surface area contributed by atoms with Gasteiger partial charge < -0.3 is 15.0 Å². The quantitative estimate of drug-likeness (QED) is 0.652. The molecule has 2 amide bonds. The van der Waals surface area contributed by atoms with Crippen molar-refractivity contribution in [3.8, 4) is 5.75 Å². The van der Waals surface area contributed by atoms with Gasteiger partial charge in [0.2, 0.25) is 5.91 Å². The van der Waals surface area contributed by atoms with Crippen LogP contribution in [0, 0.1) is 0 Å². The Bertz CT molecular complexity index is 832. The molecule has 2 rings (SSSR count). The molecule has 0 bridgehead atoms. The van der Waals surface area contributed by atoms with E-state index in [1.165, 1.54) is 11.9 Å². The van der Waals surface area contributed by atoms with E-state index >= 15 is 0 Å². The van der Waals surface area contributed by atoms with Gasteiger partial charge in [0.1, 0.15) is 11.8 Å². The first-order chi connectivity index (χ1) is 12.8. The van der Waals surface area contributed by atoms with Crippen molar-refractivity contribution in [1.82, 2.24) is 10.2 Å². The minimum Gasteiger partial charge on any atom is -0.483 e. The predicted molar refractivity (Wildman–Crippen MR) is 110 cm³/mol. The Hall–Kier alpha value is -1.76. The SMILES string of the molecule is CNC(=O)[C@H](C)N(Cc1ccccc1Cl)C(=O)COc1ccc(Cl)cc1Br. The summed E-state index contributed by atoms with van der Waals surface area (Å²) in [6.45, 7) is 1.62. The number of likely N-dealkylation sites (N-methyl/N-ethyl adjacent to an activating group) is 1. The van der Waals surface area contributed by atoms with Gasteiger partial charge in [0.05, 0.1) is 4.47 Å². The monoisotopic (exact) mass is 472 g/mol. The third kappa shape index (κ3) is 5.86.